The Hall–Kier alpha value is -1.64. The molecule has 0 radical (unpaired) electrons. The van der Waals surface area contributed by atoms with Crippen molar-refractivity contribution in [1.82, 2.24) is 4.90 Å². The van der Waals surface area contributed by atoms with Crippen molar-refractivity contribution in [3.8, 4) is 0 Å². The first kappa shape index (κ1) is 16.2. The molecule has 3 rings (SSSR count). The van der Waals surface area contributed by atoms with E-state index in [0.29, 0.717) is 6.04 Å². The molecule has 0 bridgehead atoms. The van der Waals surface area contributed by atoms with E-state index in [1.807, 2.05) is 6.07 Å². The van der Waals surface area contributed by atoms with Crippen LogP contribution >= 0.6 is 0 Å². The van der Waals surface area contributed by atoms with Crippen LogP contribution in [0.2, 0.25) is 0 Å². The van der Waals surface area contributed by atoms with Gasteiger partial charge in [0.15, 0.2) is 0 Å². The molecule has 23 heavy (non-hydrogen) atoms. The molecule has 0 saturated carbocycles. The zero-order valence-corrected chi connectivity index (χ0v) is 14.0. The highest BCUT2D eigenvalue weighted by Crippen LogP contribution is 2.30. The minimum atomic E-state index is -0.324. The number of hydrogen-bond acceptors (Lipinski definition) is 2. The molecule has 0 aliphatic heterocycles. The van der Waals surface area contributed by atoms with E-state index < -0.39 is 0 Å². The topological polar surface area (TPSA) is 23.5 Å². The highest BCUT2D eigenvalue weighted by molar-refractivity contribution is 5.30. The monoisotopic (exact) mass is 309 g/mol. The second-order valence-electron chi connectivity index (χ2n) is 6.71. The summed E-state index contributed by atoms with van der Waals surface area (Å²) in [7, 11) is 2.21. The summed E-state index contributed by atoms with van der Waals surface area (Å²) in [5.74, 6) is 0. The number of aliphatic hydroxyl groups excluding tert-OH is 1. The third-order valence-corrected chi connectivity index (χ3v) is 5.10. The molecule has 1 N–H and O–H groups in total. The van der Waals surface area contributed by atoms with Gasteiger partial charge in [0.05, 0.1) is 6.10 Å². The summed E-state index contributed by atoms with van der Waals surface area (Å²) in [5.41, 5.74) is 3.86. The molecule has 2 unspecified atom stereocenters. The minimum Gasteiger partial charge on any atom is -0.388 e. The molecule has 2 aromatic rings. The van der Waals surface area contributed by atoms with E-state index in [2.05, 4.69) is 60.5 Å². The van der Waals surface area contributed by atoms with Gasteiger partial charge in [-0.15, -0.1) is 0 Å². The summed E-state index contributed by atoms with van der Waals surface area (Å²) in [4.78, 5) is 2.44. The number of aryl methyl sites for hydroxylation is 2. The Labute approximate surface area is 139 Å². The Kier molecular flexibility index (Phi) is 5.47. The number of aliphatic hydroxyl groups is 1. The van der Waals surface area contributed by atoms with Crippen molar-refractivity contribution in [2.75, 3.05) is 13.6 Å². The minimum absolute atomic E-state index is 0.324. The zero-order valence-electron chi connectivity index (χ0n) is 14.0. The Morgan fingerprint density at radius 2 is 1.78 bits per heavy atom. The quantitative estimate of drug-likeness (QED) is 0.844. The maximum Gasteiger partial charge on any atom is 0.0807 e. The molecular weight excluding hydrogens is 282 g/mol. The lowest BCUT2D eigenvalue weighted by atomic mass is 10.0. The number of hydrogen-bond donors (Lipinski definition) is 1. The van der Waals surface area contributed by atoms with E-state index >= 15 is 0 Å². The van der Waals surface area contributed by atoms with Gasteiger partial charge in [-0.25, -0.2) is 0 Å². The second kappa shape index (κ2) is 7.76. The predicted octanol–water partition coefficient (Wildman–Crippen LogP) is 3.99. The van der Waals surface area contributed by atoms with Crippen LogP contribution in [0.15, 0.2) is 54.6 Å². The number of rotatable bonds is 5. The SMILES string of the molecule is CN(CCCc1ccccc1)C1CCc2ccccc2C(O)C1. The van der Waals surface area contributed by atoms with Crippen molar-refractivity contribution in [2.24, 2.45) is 0 Å². The third-order valence-electron chi connectivity index (χ3n) is 5.10. The molecule has 0 amide bonds. The Morgan fingerprint density at radius 3 is 2.61 bits per heavy atom. The molecular formula is C21H27NO. The number of nitrogens with zero attached hydrogens (tertiary/aromatic N) is 1. The standard InChI is InChI=1S/C21H27NO/c1-22(15-7-10-17-8-3-2-4-9-17)19-14-13-18-11-5-6-12-20(18)21(23)16-19/h2-6,8-9,11-12,19,21,23H,7,10,13-16H2,1H3. The summed E-state index contributed by atoms with van der Waals surface area (Å²) < 4.78 is 0. The van der Waals surface area contributed by atoms with Gasteiger partial charge in [-0.2, -0.15) is 0 Å². The summed E-state index contributed by atoms with van der Waals surface area (Å²) >= 11 is 0. The van der Waals surface area contributed by atoms with Gasteiger partial charge in [-0.3, -0.25) is 0 Å². The summed E-state index contributed by atoms with van der Waals surface area (Å²) in [6.45, 7) is 1.09. The second-order valence-corrected chi connectivity index (χ2v) is 6.71. The van der Waals surface area contributed by atoms with Gasteiger partial charge >= 0.3 is 0 Å². The van der Waals surface area contributed by atoms with Crippen LogP contribution in [0.1, 0.15) is 42.1 Å². The molecule has 2 atom stereocenters. The number of fused-ring (bicyclic) bond motifs is 1. The van der Waals surface area contributed by atoms with Crippen LogP contribution in [0.5, 0.6) is 0 Å². The molecule has 2 nitrogen and oxygen atoms in total. The number of benzene rings is 2. The molecule has 1 aliphatic carbocycles. The van der Waals surface area contributed by atoms with E-state index in [-0.39, 0.29) is 6.10 Å². The van der Waals surface area contributed by atoms with Crippen LogP contribution in [0, 0.1) is 0 Å². The van der Waals surface area contributed by atoms with Crippen molar-refractivity contribution in [3.05, 3.63) is 71.3 Å². The van der Waals surface area contributed by atoms with E-state index in [0.717, 1.165) is 37.8 Å². The first-order chi connectivity index (χ1) is 11.2. The Morgan fingerprint density at radius 1 is 1.04 bits per heavy atom. The van der Waals surface area contributed by atoms with Gasteiger partial charge in [-0.1, -0.05) is 54.6 Å². The van der Waals surface area contributed by atoms with Crippen molar-refractivity contribution >= 4 is 0 Å². The average molecular weight is 309 g/mol. The fourth-order valence-electron chi connectivity index (χ4n) is 3.67. The third kappa shape index (κ3) is 4.21. The van der Waals surface area contributed by atoms with Crippen molar-refractivity contribution in [2.45, 2.75) is 44.2 Å². The fraction of sp³-hybridized carbons (Fsp3) is 0.429. The van der Waals surface area contributed by atoms with Gasteiger partial charge < -0.3 is 10.0 Å². The molecule has 122 valence electrons. The Balaban J connectivity index is 1.53. The average Bonchev–Trinajstić information content (AvgIpc) is 2.75. The lowest BCUT2D eigenvalue weighted by Crippen LogP contribution is -2.33. The van der Waals surface area contributed by atoms with Gasteiger partial charge in [0.1, 0.15) is 0 Å². The summed E-state index contributed by atoms with van der Waals surface area (Å²) in [5, 5.41) is 10.5. The van der Waals surface area contributed by atoms with Gasteiger partial charge in [0.2, 0.25) is 0 Å². The van der Waals surface area contributed by atoms with Crippen LogP contribution in [0.25, 0.3) is 0 Å². The van der Waals surface area contributed by atoms with Crippen molar-refractivity contribution in [1.29, 1.82) is 0 Å². The zero-order chi connectivity index (χ0) is 16.1. The molecule has 1 aliphatic rings. The van der Waals surface area contributed by atoms with Gasteiger partial charge in [0.25, 0.3) is 0 Å². The summed E-state index contributed by atoms with van der Waals surface area (Å²) in [6.07, 6.45) is 5.02. The highest BCUT2D eigenvalue weighted by Gasteiger charge is 2.24. The molecule has 0 spiro atoms. The highest BCUT2D eigenvalue weighted by atomic mass is 16.3. The van der Waals surface area contributed by atoms with E-state index in [1.54, 1.807) is 0 Å². The van der Waals surface area contributed by atoms with Crippen LogP contribution in [0.4, 0.5) is 0 Å². The predicted molar refractivity (Wildman–Crippen MR) is 95.5 cm³/mol. The first-order valence-corrected chi connectivity index (χ1v) is 8.74. The van der Waals surface area contributed by atoms with Crippen LogP contribution in [-0.4, -0.2) is 29.6 Å². The van der Waals surface area contributed by atoms with E-state index in [1.165, 1.54) is 17.5 Å². The maximum absolute atomic E-state index is 10.5. The largest absolute Gasteiger partial charge is 0.388 e. The Bertz CT molecular complexity index is 610. The molecule has 0 aromatic heterocycles. The van der Waals surface area contributed by atoms with Crippen molar-refractivity contribution in [3.63, 3.8) is 0 Å². The normalized spacial score (nSPS) is 21.0. The van der Waals surface area contributed by atoms with Crippen LogP contribution in [0.3, 0.4) is 0 Å². The van der Waals surface area contributed by atoms with Gasteiger partial charge in [0, 0.05) is 6.04 Å². The van der Waals surface area contributed by atoms with Crippen LogP contribution in [-0.2, 0) is 12.8 Å². The lowest BCUT2D eigenvalue weighted by molar-refractivity contribution is 0.115. The summed E-state index contributed by atoms with van der Waals surface area (Å²) in [6, 6.07) is 19.5. The first-order valence-electron chi connectivity index (χ1n) is 8.74. The molecule has 0 saturated heterocycles. The van der Waals surface area contributed by atoms with Gasteiger partial charge in [-0.05, 0) is 62.4 Å². The van der Waals surface area contributed by atoms with E-state index in [9.17, 15) is 5.11 Å². The fourth-order valence-corrected chi connectivity index (χ4v) is 3.67. The smallest absolute Gasteiger partial charge is 0.0807 e. The molecule has 2 aromatic carbocycles. The van der Waals surface area contributed by atoms with Crippen molar-refractivity contribution < 1.29 is 5.11 Å². The molecule has 0 heterocycles. The molecule has 0 fully saturated rings. The molecule has 2 heteroatoms. The maximum atomic E-state index is 10.5. The lowest BCUT2D eigenvalue weighted by Gasteiger charge is -2.28. The van der Waals surface area contributed by atoms with E-state index in [4.69, 9.17) is 0 Å². The van der Waals surface area contributed by atoms with Crippen LogP contribution < -0.4 is 0 Å².